The summed E-state index contributed by atoms with van der Waals surface area (Å²) in [4.78, 5) is 38.0. The van der Waals surface area contributed by atoms with Crippen molar-refractivity contribution in [1.82, 2.24) is 9.80 Å². The van der Waals surface area contributed by atoms with Crippen LogP contribution in [-0.2, 0) is 19.1 Å². The molecular formula is C14H18N2O6. The minimum Gasteiger partial charge on any atom is -0.465 e. The van der Waals surface area contributed by atoms with Crippen LogP contribution in [0.15, 0.2) is 11.8 Å². The Morgan fingerprint density at radius 1 is 1.41 bits per heavy atom. The number of piperidine rings is 1. The van der Waals surface area contributed by atoms with E-state index in [2.05, 4.69) is 0 Å². The number of cyclic esters (lactones) is 1. The molecule has 0 aromatic heterocycles. The minimum absolute atomic E-state index is 0.0956. The minimum atomic E-state index is -0.969. The van der Waals surface area contributed by atoms with E-state index in [9.17, 15) is 14.4 Å². The number of rotatable bonds is 2. The van der Waals surface area contributed by atoms with Crippen molar-refractivity contribution < 1.29 is 29.0 Å². The SMILES string of the molecule is COC1CN(C2=CC(=O)OC2)C(=O)C12CCN(C(=O)O)CC2. The van der Waals surface area contributed by atoms with Gasteiger partial charge in [0.2, 0.25) is 5.91 Å². The highest BCUT2D eigenvalue weighted by molar-refractivity contribution is 5.91. The van der Waals surface area contributed by atoms with Gasteiger partial charge in [0.1, 0.15) is 6.61 Å². The summed E-state index contributed by atoms with van der Waals surface area (Å²) in [5, 5.41) is 9.05. The van der Waals surface area contributed by atoms with Crippen molar-refractivity contribution in [2.75, 3.05) is 33.4 Å². The molecule has 2 amide bonds. The van der Waals surface area contributed by atoms with Crippen molar-refractivity contribution in [3.8, 4) is 0 Å². The van der Waals surface area contributed by atoms with E-state index >= 15 is 0 Å². The molecule has 3 heterocycles. The highest BCUT2D eigenvalue weighted by Gasteiger charge is 2.56. The summed E-state index contributed by atoms with van der Waals surface area (Å²) in [6.07, 6.45) is 0.900. The van der Waals surface area contributed by atoms with Crippen molar-refractivity contribution in [2.24, 2.45) is 5.41 Å². The van der Waals surface area contributed by atoms with Crippen LogP contribution >= 0.6 is 0 Å². The van der Waals surface area contributed by atoms with E-state index in [0.717, 1.165) is 0 Å². The number of ether oxygens (including phenoxy) is 2. The van der Waals surface area contributed by atoms with Crippen LogP contribution in [0.2, 0.25) is 0 Å². The van der Waals surface area contributed by atoms with Gasteiger partial charge in [-0.3, -0.25) is 4.79 Å². The van der Waals surface area contributed by atoms with Crippen molar-refractivity contribution in [1.29, 1.82) is 0 Å². The highest BCUT2D eigenvalue weighted by Crippen LogP contribution is 2.44. The quantitative estimate of drug-likeness (QED) is 0.724. The van der Waals surface area contributed by atoms with E-state index in [1.54, 1.807) is 12.0 Å². The number of likely N-dealkylation sites (tertiary alicyclic amines) is 2. The number of amides is 2. The number of methoxy groups -OCH3 is 1. The molecule has 1 N–H and O–H groups in total. The fourth-order valence-electron chi connectivity index (χ4n) is 3.53. The maximum Gasteiger partial charge on any atom is 0.407 e. The molecule has 8 heteroatoms. The summed E-state index contributed by atoms with van der Waals surface area (Å²) in [6.45, 7) is 1.08. The second-order valence-electron chi connectivity index (χ2n) is 5.81. The summed E-state index contributed by atoms with van der Waals surface area (Å²) in [7, 11) is 1.55. The maximum atomic E-state index is 12.9. The second-order valence-corrected chi connectivity index (χ2v) is 5.81. The Labute approximate surface area is 127 Å². The third kappa shape index (κ3) is 2.14. The summed E-state index contributed by atoms with van der Waals surface area (Å²) < 4.78 is 10.4. The van der Waals surface area contributed by atoms with Gasteiger partial charge >= 0.3 is 12.1 Å². The fourth-order valence-corrected chi connectivity index (χ4v) is 3.53. The first kappa shape index (κ1) is 14.8. The summed E-state index contributed by atoms with van der Waals surface area (Å²) in [5.41, 5.74) is -0.165. The van der Waals surface area contributed by atoms with Gasteiger partial charge in [-0.1, -0.05) is 0 Å². The number of hydrogen-bond donors (Lipinski definition) is 1. The van der Waals surface area contributed by atoms with Gasteiger partial charge < -0.3 is 24.4 Å². The van der Waals surface area contributed by atoms with Crippen LogP contribution in [0.3, 0.4) is 0 Å². The number of carbonyl (C=O) groups is 3. The van der Waals surface area contributed by atoms with Crippen molar-refractivity contribution in [3.63, 3.8) is 0 Å². The Morgan fingerprint density at radius 3 is 2.59 bits per heavy atom. The number of nitrogens with zero attached hydrogens (tertiary/aromatic N) is 2. The average Bonchev–Trinajstić information content (AvgIpc) is 3.03. The first-order chi connectivity index (χ1) is 10.5. The number of hydrogen-bond acceptors (Lipinski definition) is 5. The molecule has 1 atom stereocenters. The van der Waals surface area contributed by atoms with Gasteiger partial charge in [-0.2, -0.15) is 0 Å². The van der Waals surface area contributed by atoms with Gasteiger partial charge in [-0.15, -0.1) is 0 Å². The second kappa shape index (κ2) is 5.28. The summed E-state index contributed by atoms with van der Waals surface area (Å²) >= 11 is 0. The van der Waals surface area contributed by atoms with E-state index in [0.29, 0.717) is 38.2 Å². The van der Waals surface area contributed by atoms with Crippen molar-refractivity contribution in [2.45, 2.75) is 18.9 Å². The Bertz CT molecular complexity index is 550. The van der Waals surface area contributed by atoms with Crippen LogP contribution in [0.25, 0.3) is 0 Å². The molecule has 3 aliphatic rings. The Hall–Kier alpha value is -2.09. The molecule has 0 bridgehead atoms. The molecular weight excluding hydrogens is 292 g/mol. The third-order valence-corrected chi connectivity index (χ3v) is 4.84. The van der Waals surface area contributed by atoms with E-state index in [1.165, 1.54) is 11.0 Å². The number of carboxylic acid groups (broad SMARTS) is 1. The molecule has 22 heavy (non-hydrogen) atoms. The van der Waals surface area contributed by atoms with Crippen molar-refractivity contribution >= 4 is 18.0 Å². The largest absolute Gasteiger partial charge is 0.465 e. The molecule has 1 unspecified atom stereocenters. The number of carbonyl (C=O) groups excluding carboxylic acids is 2. The molecule has 2 fully saturated rings. The van der Waals surface area contributed by atoms with E-state index in [-0.39, 0.29) is 18.6 Å². The monoisotopic (exact) mass is 310 g/mol. The van der Waals surface area contributed by atoms with Crippen LogP contribution in [0, 0.1) is 5.41 Å². The smallest absolute Gasteiger partial charge is 0.407 e. The highest BCUT2D eigenvalue weighted by atomic mass is 16.5. The van der Waals surface area contributed by atoms with Crippen LogP contribution in [0.5, 0.6) is 0 Å². The maximum absolute atomic E-state index is 12.9. The topological polar surface area (TPSA) is 96.4 Å². The fraction of sp³-hybridized carbons (Fsp3) is 0.643. The van der Waals surface area contributed by atoms with Crippen LogP contribution in [-0.4, -0.2) is 72.3 Å². The molecule has 0 saturated carbocycles. The normalized spacial score (nSPS) is 27.3. The van der Waals surface area contributed by atoms with E-state index in [4.69, 9.17) is 14.6 Å². The lowest BCUT2D eigenvalue weighted by Crippen LogP contribution is -2.50. The molecule has 0 aliphatic carbocycles. The van der Waals surface area contributed by atoms with Gasteiger partial charge in [-0.25, -0.2) is 9.59 Å². The van der Waals surface area contributed by atoms with E-state index < -0.39 is 17.5 Å². The molecule has 8 nitrogen and oxygen atoms in total. The lowest BCUT2D eigenvalue weighted by molar-refractivity contribution is -0.141. The third-order valence-electron chi connectivity index (χ3n) is 4.84. The summed E-state index contributed by atoms with van der Waals surface area (Å²) in [6, 6.07) is 0. The standard InChI is InChI=1S/C14H18N2O6/c1-21-10-7-16(9-6-11(17)22-8-9)12(18)14(10)2-4-15(5-3-14)13(19)20/h6,10H,2-5,7-8H2,1H3,(H,19,20). The molecule has 2 saturated heterocycles. The first-order valence-electron chi connectivity index (χ1n) is 7.18. The number of esters is 1. The van der Waals surface area contributed by atoms with Crippen LogP contribution in [0.1, 0.15) is 12.8 Å². The molecule has 3 rings (SSSR count). The van der Waals surface area contributed by atoms with Gasteiger partial charge in [-0.05, 0) is 12.8 Å². The van der Waals surface area contributed by atoms with Crippen LogP contribution < -0.4 is 0 Å². The molecule has 120 valence electrons. The first-order valence-corrected chi connectivity index (χ1v) is 7.18. The summed E-state index contributed by atoms with van der Waals surface area (Å²) in [5.74, 6) is -0.549. The molecule has 1 spiro atoms. The molecule has 0 aromatic carbocycles. The van der Waals surface area contributed by atoms with E-state index in [1.807, 2.05) is 0 Å². The lowest BCUT2D eigenvalue weighted by Gasteiger charge is -2.39. The predicted octanol–water partition coefficient (Wildman–Crippen LogP) is 0.0445. The zero-order valence-electron chi connectivity index (χ0n) is 12.3. The Balaban J connectivity index is 1.82. The Morgan fingerprint density at radius 2 is 2.09 bits per heavy atom. The average molecular weight is 310 g/mol. The zero-order valence-corrected chi connectivity index (χ0v) is 12.3. The molecule has 0 radical (unpaired) electrons. The van der Waals surface area contributed by atoms with Crippen molar-refractivity contribution in [3.05, 3.63) is 11.8 Å². The van der Waals surface area contributed by atoms with Gasteiger partial charge in [0, 0.05) is 26.3 Å². The zero-order chi connectivity index (χ0) is 15.9. The predicted molar refractivity (Wildman–Crippen MR) is 72.8 cm³/mol. The molecule has 3 aliphatic heterocycles. The lowest BCUT2D eigenvalue weighted by atomic mass is 9.75. The Kier molecular flexibility index (Phi) is 3.56. The molecule has 0 aromatic rings. The van der Waals surface area contributed by atoms with Crippen LogP contribution in [0.4, 0.5) is 4.79 Å². The van der Waals surface area contributed by atoms with Gasteiger partial charge in [0.25, 0.3) is 0 Å². The van der Waals surface area contributed by atoms with Gasteiger partial charge in [0.15, 0.2) is 0 Å². The van der Waals surface area contributed by atoms with Gasteiger partial charge in [0.05, 0.1) is 23.8 Å².